The van der Waals surface area contributed by atoms with Crippen LogP contribution < -0.4 is 10.5 Å². The van der Waals surface area contributed by atoms with Gasteiger partial charge in [-0.3, -0.25) is 0 Å². The molecule has 0 amide bonds. The highest BCUT2D eigenvalue weighted by Gasteiger charge is 2.06. The van der Waals surface area contributed by atoms with Gasteiger partial charge in [-0.2, -0.15) is 0 Å². The van der Waals surface area contributed by atoms with Gasteiger partial charge in [-0.15, -0.1) is 0 Å². The summed E-state index contributed by atoms with van der Waals surface area (Å²) >= 11 is 6.02. The molecular weight excluding hydrogens is 253 g/mol. The molecule has 2 aromatic carbocycles. The SMILES string of the molecule is Cc1ccc(OCc2ccc(N)cc2F)c(Cl)c1. The second kappa shape index (κ2) is 5.27. The van der Waals surface area contributed by atoms with E-state index in [0.29, 0.717) is 22.0 Å². The van der Waals surface area contributed by atoms with Crippen molar-refractivity contribution in [2.24, 2.45) is 0 Å². The monoisotopic (exact) mass is 265 g/mol. The summed E-state index contributed by atoms with van der Waals surface area (Å²) in [4.78, 5) is 0. The molecule has 94 valence electrons. The number of hydrogen-bond acceptors (Lipinski definition) is 2. The number of benzene rings is 2. The Hall–Kier alpha value is -1.74. The summed E-state index contributed by atoms with van der Waals surface area (Å²) < 4.78 is 19.0. The summed E-state index contributed by atoms with van der Waals surface area (Å²) in [5.41, 5.74) is 7.36. The molecule has 0 saturated carbocycles. The Balaban J connectivity index is 2.11. The number of nitrogens with two attached hydrogens (primary N) is 1. The minimum absolute atomic E-state index is 0.120. The molecule has 0 spiro atoms. The van der Waals surface area contributed by atoms with Gasteiger partial charge in [0.1, 0.15) is 18.2 Å². The van der Waals surface area contributed by atoms with Gasteiger partial charge in [0.25, 0.3) is 0 Å². The van der Waals surface area contributed by atoms with E-state index >= 15 is 0 Å². The predicted molar refractivity (Wildman–Crippen MR) is 71.3 cm³/mol. The fourth-order valence-electron chi connectivity index (χ4n) is 1.56. The predicted octanol–water partition coefficient (Wildman–Crippen LogP) is 3.95. The average Bonchev–Trinajstić information content (AvgIpc) is 2.30. The molecule has 0 aliphatic rings. The van der Waals surface area contributed by atoms with Crippen LogP contribution in [0.2, 0.25) is 5.02 Å². The maximum absolute atomic E-state index is 13.5. The van der Waals surface area contributed by atoms with Crippen molar-refractivity contribution >= 4 is 17.3 Å². The molecule has 4 heteroatoms. The number of hydrogen-bond donors (Lipinski definition) is 1. The van der Waals surface area contributed by atoms with Crippen molar-refractivity contribution in [3.63, 3.8) is 0 Å². The lowest BCUT2D eigenvalue weighted by atomic mass is 10.2. The van der Waals surface area contributed by atoms with Gasteiger partial charge in [0.15, 0.2) is 0 Å². The first-order valence-corrected chi connectivity index (χ1v) is 5.87. The molecule has 0 aliphatic heterocycles. The molecule has 0 unspecified atom stereocenters. The average molecular weight is 266 g/mol. The standard InChI is InChI=1S/C14H13ClFNO/c1-9-2-5-14(12(15)6-9)18-8-10-3-4-11(17)7-13(10)16/h2-7H,8,17H2,1H3. The fourth-order valence-corrected chi connectivity index (χ4v) is 1.85. The lowest BCUT2D eigenvalue weighted by molar-refractivity contribution is 0.300. The lowest BCUT2D eigenvalue weighted by Gasteiger charge is -2.09. The van der Waals surface area contributed by atoms with Gasteiger partial charge in [0.2, 0.25) is 0 Å². The van der Waals surface area contributed by atoms with Gasteiger partial charge >= 0.3 is 0 Å². The molecule has 0 radical (unpaired) electrons. The maximum Gasteiger partial charge on any atom is 0.138 e. The third-order valence-electron chi connectivity index (χ3n) is 2.55. The van der Waals surface area contributed by atoms with Gasteiger partial charge in [-0.1, -0.05) is 23.7 Å². The van der Waals surface area contributed by atoms with Crippen molar-refractivity contribution in [3.8, 4) is 5.75 Å². The van der Waals surface area contributed by atoms with E-state index in [1.54, 1.807) is 24.3 Å². The lowest BCUT2D eigenvalue weighted by Crippen LogP contribution is -2.00. The van der Waals surface area contributed by atoms with Gasteiger partial charge in [0, 0.05) is 11.3 Å². The van der Waals surface area contributed by atoms with Crippen LogP contribution in [0.5, 0.6) is 5.75 Å². The molecule has 0 bridgehead atoms. The zero-order valence-electron chi connectivity index (χ0n) is 9.91. The summed E-state index contributed by atoms with van der Waals surface area (Å²) in [6.45, 7) is 2.06. The van der Waals surface area contributed by atoms with Gasteiger partial charge < -0.3 is 10.5 Å². The number of rotatable bonds is 3. The fraction of sp³-hybridized carbons (Fsp3) is 0.143. The molecule has 0 atom stereocenters. The van der Waals surface area contributed by atoms with Crippen LogP contribution in [0.15, 0.2) is 36.4 Å². The van der Waals surface area contributed by atoms with Crippen LogP contribution in [0.25, 0.3) is 0 Å². The smallest absolute Gasteiger partial charge is 0.138 e. The van der Waals surface area contributed by atoms with Crippen molar-refractivity contribution in [1.82, 2.24) is 0 Å². The van der Waals surface area contributed by atoms with E-state index in [0.717, 1.165) is 5.56 Å². The summed E-state index contributed by atoms with van der Waals surface area (Å²) in [6.07, 6.45) is 0. The summed E-state index contributed by atoms with van der Waals surface area (Å²) in [5, 5.41) is 0.519. The normalized spacial score (nSPS) is 10.4. The number of anilines is 1. The third kappa shape index (κ3) is 2.93. The highest BCUT2D eigenvalue weighted by atomic mass is 35.5. The van der Waals surface area contributed by atoms with Crippen molar-refractivity contribution < 1.29 is 9.13 Å². The minimum atomic E-state index is -0.377. The topological polar surface area (TPSA) is 35.2 Å². The van der Waals surface area contributed by atoms with Crippen LogP contribution in [-0.4, -0.2) is 0 Å². The largest absolute Gasteiger partial charge is 0.487 e. The molecular formula is C14H13ClFNO. The Morgan fingerprint density at radius 3 is 2.67 bits per heavy atom. The molecule has 2 rings (SSSR count). The quantitative estimate of drug-likeness (QED) is 0.853. The first-order chi connectivity index (χ1) is 8.56. The van der Waals surface area contributed by atoms with E-state index in [4.69, 9.17) is 22.1 Å². The molecule has 0 fully saturated rings. The number of halogens is 2. The van der Waals surface area contributed by atoms with E-state index < -0.39 is 0 Å². The maximum atomic E-state index is 13.5. The van der Waals surface area contributed by atoms with Gasteiger partial charge in [-0.25, -0.2) is 4.39 Å². The second-order valence-corrected chi connectivity index (χ2v) is 4.48. The van der Waals surface area contributed by atoms with Crippen LogP contribution >= 0.6 is 11.6 Å². The zero-order chi connectivity index (χ0) is 13.1. The van der Waals surface area contributed by atoms with Crippen LogP contribution in [0.4, 0.5) is 10.1 Å². The van der Waals surface area contributed by atoms with Crippen molar-refractivity contribution in [3.05, 3.63) is 58.4 Å². The van der Waals surface area contributed by atoms with E-state index in [-0.39, 0.29) is 12.4 Å². The second-order valence-electron chi connectivity index (χ2n) is 4.07. The van der Waals surface area contributed by atoms with Crippen LogP contribution in [0.3, 0.4) is 0 Å². The van der Waals surface area contributed by atoms with Gasteiger partial charge in [-0.05, 0) is 36.8 Å². The third-order valence-corrected chi connectivity index (χ3v) is 2.84. The van der Waals surface area contributed by atoms with Crippen LogP contribution in [0.1, 0.15) is 11.1 Å². The Labute approximate surface area is 110 Å². The van der Waals surface area contributed by atoms with E-state index in [1.165, 1.54) is 6.07 Å². The molecule has 0 heterocycles. The van der Waals surface area contributed by atoms with Gasteiger partial charge in [0.05, 0.1) is 5.02 Å². The van der Waals surface area contributed by atoms with Crippen LogP contribution in [-0.2, 0) is 6.61 Å². The zero-order valence-corrected chi connectivity index (χ0v) is 10.7. The number of nitrogen functional groups attached to an aromatic ring is 1. The van der Waals surface area contributed by atoms with Crippen molar-refractivity contribution in [2.75, 3.05) is 5.73 Å². The van der Waals surface area contributed by atoms with Crippen molar-refractivity contribution in [2.45, 2.75) is 13.5 Å². The minimum Gasteiger partial charge on any atom is -0.487 e. The molecule has 18 heavy (non-hydrogen) atoms. The summed E-state index contributed by atoms with van der Waals surface area (Å²) in [7, 11) is 0. The first-order valence-electron chi connectivity index (χ1n) is 5.49. The molecule has 0 saturated heterocycles. The molecule has 2 nitrogen and oxygen atoms in total. The Kier molecular flexibility index (Phi) is 3.72. The van der Waals surface area contributed by atoms with Crippen molar-refractivity contribution in [1.29, 1.82) is 0 Å². The summed E-state index contributed by atoms with van der Waals surface area (Å²) in [5.74, 6) is 0.164. The van der Waals surface area contributed by atoms with E-state index in [9.17, 15) is 4.39 Å². The Morgan fingerprint density at radius 2 is 2.00 bits per heavy atom. The highest BCUT2D eigenvalue weighted by Crippen LogP contribution is 2.26. The molecule has 2 N–H and O–H groups in total. The van der Waals surface area contributed by atoms with E-state index in [1.807, 2.05) is 13.0 Å². The van der Waals surface area contributed by atoms with Crippen LogP contribution in [0, 0.1) is 12.7 Å². The first kappa shape index (κ1) is 12.7. The number of aryl methyl sites for hydroxylation is 1. The Bertz CT molecular complexity index is 520. The number of ether oxygens (including phenoxy) is 1. The molecule has 0 aliphatic carbocycles. The molecule has 2 aromatic rings. The highest BCUT2D eigenvalue weighted by molar-refractivity contribution is 6.32. The summed E-state index contributed by atoms with van der Waals surface area (Å²) in [6, 6.07) is 9.98. The Morgan fingerprint density at radius 1 is 1.22 bits per heavy atom. The molecule has 0 aromatic heterocycles. The van der Waals surface area contributed by atoms with E-state index in [2.05, 4.69) is 0 Å².